The molecule has 1 saturated carbocycles. The van der Waals surface area contributed by atoms with Crippen LogP contribution in [0.1, 0.15) is 46.0 Å². The van der Waals surface area contributed by atoms with Crippen molar-refractivity contribution in [2.75, 3.05) is 27.2 Å². The molecule has 1 rings (SSSR count). The van der Waals surface area contributed by atoms with Gasteiger partial charge in [0.1, 0.15) is 0 Å². The summed E-state index contributed by atoms with van der Waals surface area (Å²) in [6.07, 6.45) is 6.81. The van der Waals surface area contributed by atoms with E-state index in [4.69, 9.17) is 4.74 Å². The van der Waals surface area contributed by atoms with Gasteiger partial charge in [-0.15, -0.1) is 0 Å². The van der Waals surface area contributed by atoms with Crippen molar-refractivity contribution >= 4 is 0 Å². The van der Waals surface area contributed by atoms with Crippen LogP contribution in [-0.2, 0) is 4.74 Å². The van der Waals surface area contributed by atoms with E-state index in [2.05, 4.69) is 31.1 Å². The molecule has 3 heteroatoms. The first kappa shape index (κ1) is 14.9. The monoisotopic (exact) mass is 242 g/mol. The third kappa shape index (κ3) is 4.94. The number of hydrogen-bond acceptors (Lipinski definition) is 3. The maximum atomic E-state index is 5.55. The number of ether oxygens (including phenoxy) is 1. The van der Waals surface area contributed by atoms with E-state index in [9.17, 15) is 0 Å². The number of methoxy groups -OCH3 is 1. The molecule has 17 heavy (non-hydrogen) atoms. The van der Waals surface area contributed by atoms with Crippen LogP contribution in [-0.4, -0.2) is 50.3 Å². The van der Waals surface area contributed by atoms with Crippen molar-refractivity contribution in [1.29, 1.82) is 0 Å². The Morgan fingerprint density at radius 1 is 1.35 bits per heavy atom. The van der Waals surface area contributed by atoms with Gasteiger partial charge in [0.15, 0.2) is 0 Å². The van der Waals surface area contributed by atoms with E-state index in [-0.39, 0.29) is 0 Å². The number of nitrogens with one attached hydrogen (secondary N) is 1. The molecular weight excluding hydrogens is 212 g/mol. The molecule has 0 radical (unpaired) electrons. The van der Waals surface area contributed by atoms with E-state index in [0.717, 1.165) is 13.1 Å². The quantitative estimate of drug-likeness (QED) is 0.741. The minimum Gasteiger partial charge on any atom is -0.380 e. The number of hydrogen-bond donors (Lipinski definition) is 1. The summed E-state index contributed by atoms with van der Waals surface area (Å²) in [6, 6.07) is 1.25. The van der Waals surface area contributed by atoms with Crippen LogP contribution < -0.4 is 5.32 Å². The van der Waals surface area contributed by atoms with Gasteiger partial charge in [-0.05, 0) is 33.2 Å². The lowest BCUT2D eigenvalue weighted by molar-refractivity contribution is 0.0409. The van der Waals surface area contributed by atoms with Crippen LogP contribution in [0.4, 0.5) is 0 Å². The molecule has 0 aromatic heterocycles. The third-order valence-corrected chi connectivity index (χ3v) is 4.22. The standard InChI is InChI=1S/C14H30N2O/c1-5-12(2)16(3)11-10-15-13-8-6-7-9-14(13)17-4/h12-15H,5-11H2,1-4H3. The van der Waals surface area contributed by atoms with Crippen molar-refractivity contribution in [3.8, 4) is 0 Å². The maximum absolute atomic E-state index is 5.55. The summed E-state index contributed by atoms with van der Waals surface area (Å²) in [4.78, 5) is 2.43. The Morgan fingerprint density at radius 3 is 2.71 bits per heavy atom. The highest BCUT2D eigenvalue weighted by atomic mass is 16.5. The SMILES string of the molecule is CCC(C)N(C)CCNC1CCCCC1OC. The van der Waals surface area contributed by atoms with Crippen LogP contribution >= 0.6 is 0 Å². The van der Waals surface area contributed by atoms with Gasteiger partial charge in [0.25, 0.3) is 0 Å². The summed E-state index contributed by atoms with van der Waals surface area (Å²) in [7, 11) is 4.06. The zero-order valence-corrected chi connectivity index (χ0v) is 12.0. The van der Waals surface area contributed by atoms with Gasteiger partial charge in [0.2, 0.25) is 0 Å². The van der Waals surface area contributed by atoms with Gasteiger partial charge in [-0.3, -0.25) is 0 Å². The van der Waals surface area contributed by atoms with Gasteiger partial charge in [-0.1, -0.05) is 19.8 Å². The van der Waals surface area contributed by atoms with Crippen molar-refractivity contribution in [2.45, 2.75) is 64.1 Å². The van der Waals surface area contributed by atoms with Gasteiger partial charge in [-0.25, -0.2) is 0 Å². The Bertz CT molecular complexity index is 199. The highest BCUT2D eigenvalue weighted by molar-refractivity contribution is 4.81. The molecule has 0 aromatic rings. The highest BCUT2D eigenvalue weighted by Crippen LogP contribution is 2.20. The molecule has 3 unspecified atom stereocenters. The minimum absolute atomic E-state index is 0.428. The average Bonchev–Trinajstić information content (AvgIpc) is 2.38. The zero-order valence-electron chi connectivity index (χ0n) is 12.0. The molecule has 0 aliphatic heterocycles. The molecule has 0 aromatic carbocycles. The van der Waals surface area contributed by atoms with Crippen LogP contribution in [0.15, 0.2) is 0 Å². The van der Waals surface area contributed by atoms with E-state index < -0.39 is 0 Å². The molecule has 0 spiro atoms. The Morgan fingerprint density at radius 2 is 2.06 bits per heavy atom. The van der Waals surface area contributed by atoms with Crippen LogP contribution in [0.3, 0.4) is 0 Å². The molecule has 0 bridgehead atoms. The second-order valence-corrected chi connectivity index (χ2v) is 5.36. The Labute approximate surface area is 107 Å². The molecule has 1 aliphatic rings. The fourth-order valence-corrected chi connectivity index (χ4v) is 2.57. The average molecular weight is 242 g/mol. The number of nitrogens with zero attached hydrogens (tertiary/aromatic N) is 1. The van der Waals surface area contributed by atoms with Crippen molar-refractivity contribution in [1.82, 2.24) is 10.2 Å². The molecule has 3 atom stereocenters. The molecular formula is C14H30N2O. The predicted octanol–water partition coefficient (Wildman–Crippen LogP) is 2.26. The summed E-state index contributed by atoms with van der Waals surface area (Å²) in [5.41, 5.74) is 0. The molecule has 1 aliphatic carbocycles. The summed E-state index contributed by atoms with van der Waals surface area (Å²) in [6.45, 7) is 6.74. The van der Waals surface area contributed by atoms with E-state index in [1.807, 2.05) is 7.11 Å². The second-order valence-electron chi connectivity index (χ2n) is 5.36. The van der Waals surface area contributed by atoms with Crippen molar-refractivity contribution in [3.05, 3.63) is 0 Å². The van der Waals surface area contributed by atoms with Crippen molar-refractivity contribution < 1.29 is 4.74 Å². The Balaban J connectivity index is 2.20. The topological polar surface area (TPSA) is 24.5 Å². The molecule has 0 heterocycles. The van der Waals surface area contributed by atoms with E-state index in [0.29, 0.717) is 18.2 Å². The first-order valence-corrected chi connectivity index (χ1v) is 7.15. The zero-order chi connectivity index (χ0) is 12.7. The molecule has 3 nitrogen and oxygen atoms in total. The smallest absolute Gasteiger partial charge is 0.0724 e. The van der Waals surface area contributed by atoms with Crippen LogP contribution in [0, 0.1) is 0 Å². The molecule has 102 valence electrons. The Kier molecular flexibility index (Phi) is 7.09. The van der Waals surface area contributed by atoms with Gasteiger partial charge >= 0.3 is 0 Å². The van der Waals surface area contributed by atoms with Gasteiger partial charge in [-0.2, -0.15) is 0 Å². The summed E-state index contributed by atoms with van der Waals surface area (Å²) < 4.78 is 5.55. The van der Waals surface area contributed by atoms with Gasteiger partial charge in [0.05, 0.1) is 6.10 Å². The summed E-state index contributed by atoms with van der Waals surface area (Å²) in [5, 5.41) is 3.67. The van der Waals surface area contributed by atoms with Gasteiger partial charge < -0.3 is 15.0 Å². The fraction of sp³-hybridized carbons (Fsp3) is 1.00. The van der Waals surface area contributed by atoms with Crippen molar-refractivity contribution in [3.63, 3.8) is 0 Å². The van der Waals surface area contributed by atoms with Crippen LogP contribution in [0.25, 0.3) is 0 Å². The largest absolute Gasteiger partial charge is 0.380 e. The first-order valence-electron chi connectivity index (χ1n) is 7.15. The lowest BCUT2D eigenvalue weighted by atomic mass is 9.92. The van der Waals surface area contributed by atoms with Crippen LogP contribution in [0.2, 0.25) is 0 Å². The van der Waals surface area contributed by atoms with E-state index >= 15 is 0 Å². The van der Waals surface area contributed by atoms with E-state index in [1.165, 1.54) is 32.1 Å². The van der Waals surface area contributed by atoms with Gasteiger partial charge in [0, 0.05) is 32.3 Å². The van der Waals surface area contributed by atoms with Crippen molar-refractivity contribution in [2.24, 2.45) is 0 Å². The predicted molar refractivity (Wildman–Crippen MR) is 73.4 cm³/mol. The summed E-state index contributed by atoms with van der Waals surface area (Å²) >= 11 is 0. The Hall–Kier alpha value is -0.120. The summed E-state index contributed by atoms with van der Waals surface area (Å²) in [5.74, 6) is 0. The molecule has 0 saturated heterocycles. The lowest BCUT2D eigenvalue weighted by Gasteiger charge is -2.32. The molecule has 1 fully saturated rings. The van der Waals surface area contributed by atoms with E-state index in [1.54, 1.807) is 0 Å². The second kappa shape index (κ2) is 8.06. The maximum Gasteiger partial charge on any atom is 0.0724 e. The first-order chi connectivity index (χ1) is 8.19. The minimum atomic E-state index is 0.428. The third-order valence-electron chi connectivity index (χ3n) is 4.22. The lowest BCUT2D eigenvalue weighted by Crippen LogP contribution is -2.46. The fourth-order valence-electron chi connectivity index (χ4n) is 2.57. The molecule has 0 amide bonds. The normalized spacial score (nSPS) is 27.4. The van der Waals surface area contributed by atoms with Crippen LogP contribution in [0.5, 0.6) is 0 Å². The molecule has 1 N–H and O–H groups in total. The number of likely N-dealkylation sites (N-methyl/N-ethyl adjacent to an activating group) is 1. The highest BCUT2D eigenvalue weighted by Gasteiger charge is 2.24. The number of rotatable bonds is 7.